The van der Waals surface area contributed by atoms with Gasteiger partial charge in [0.2, 0.25) is 0 Å². The molecule has 1 heterocycles. The van der Waals surface area contributed by atoms with Gasteiger partial charge in [0, 0.05) is 12.7 Å². The van der Waals surface area contributed by atoms with Crippen molar-refractivity contribution >= 4 is 21.7 Å². The van der Waals surface area contributed by atoms with Crippen LogP contribution in [0.25, 0.3) is 0 Å². The summed E-state index contributed by atoms with van der Waals surface area (Å²) in [6, 6.07) is 3.75. The van der Waals surface area contributed by atoms with Crippen molar-refractivity contribution in [1.82, 2.24) is 4.98 Å². The van der Waals surface area contributed by atoms with Gasteiger partial charge in [0.25, 0.3) is 0 Å². The van der Waals surface area contributed by atoms with Gasteiger partial charge in [-0.05, 0) is 35.0 Å². The van der Waals surface area contributed by atoms with Crippen molar-refractivity contribution < 1.29 is 5.11 Å². The maximum atomic E-state index is 9.00. The molecule has 0 aliphatic carbocycles. The number of nitrogens with one attached hydrogen (secondary N) is 1. The number of nitrogens with zero attached hydrogens (tertiary/aromatic N) is 1. The largest absolute Gasteiger partial charge is 0.392 e. The van der Waals surface area contributed by atoms with Crippen LogP contribution in [0, 0.1) is 0 Å². The van der Waals surface area contributed by atoms with E-state index < -0.39 is 0 Å². The summed E-state index contributed by atoms with van der Waals surface area (Å²) in [4.78, 5) is 4.08. The lowest BCUT2D eigenvalue weighted by molar-refractivity contribution is 0.208. The fourth-order valence-electron chi connectivity index (χ4n) is 0.760. The van der Waals surface area contributed by atoms with Gasteiger partial charge in [-0.15, -0.1) is 0 Å². The second-order valence-electron chi connectivity index (χ2n) is 2.56. The molecule has 0 radical (unpaired) electrons. The Morgan fingerprint density at radius 2 is 2.50 bits per heavy atom. The van der Waals surface area contributed by atoms with Crippen LogP contribution in [-0.2, 0) is 0 Å². The van der Waals surface area contributed by atoms with Crippen LogP contribution in [0.2, 0.25) is 0 Å². The number of rotatable bonds is 3. The highest BCUT2D eigenvalue weighted by Crippen LogP contribution is 2.17. The smallest absolute Gasteiger partial charge is 0.140 e. The van der Waals surface area contributed by atoms with Crippen molar-refractivity contribution in [2.75, 3.05) is 11.9 Å². The Morgan fingerprint density at radius 3 is 3.08 bits per heavy atom. The Hall–Kier alpha value is -0.610. The zero-order valence-electron chi connectivity index (χ0n) is 6.79. The zero-order chi connectivity index (χ0) is 8.97. The predicted molar refractivity (Wildman–Crippen MR) is 52.1 cm³/mol. The first-order chi connectivity index (χ1) is 5.70. The first kappa shape index (κ1) is 9.48. The van der Waals surface area contributed by atoms with E-state index in [9.17, 15) is 0 Å². The Bertz CT molecular complexity index is 253. The van der Waals surface area contributed by atoms with Crippen molar-refractivity contribution in [1.29, 1.82) is 0 Å². The van der Waals surface area contributed by atoms with Crippen LogP contribution in [0.3, 0.4) is 0 Å². The summed E-state index contributed by atoms with van der Waals surface area (Å²) >= 11 is 3.34. The molecule has 0 saturated heterocycles. The lowest BCUT2D eigenvalue weighted by Crippen LogP contribution is -2.16. The molecule has 0 saturated carbocycles. The molecule has 12 heavy (non-hydrogen) atoms. The summed E-state index contributed by atoms with van der Waals surface area (Å²) < 4.78 is 0.908. The normalized spacial score (nSPS) is 12.6. The number of hydrogen-bond acceptors (Lipinski definition) is 3. The molecule has 0 bridgehead atoms. The zero-order valence-corrected chi connectivity index (χ0v) is 8.37. The number of aliphatic hydroxyl groups is 1. The van der Waals surface area contributed by atoms with Crippen molar-refractivity contribution in [2.45, 2.75) is 13.0 Å². The van der Waals surface area contributed by atoms with Crippen molar-refractivity contribution in [3.8, 4) is 0 Å². The highest BCUT2D eigenvalue weighted by atomic mass is 79.9. The van der Waals surface area contributed by atoms with E-state index >= 15 is 0 Å². The molecule has 2 N–H and O–H groups in total. The van der Waals surface area contributed by atoms with Gasteiger partial charge in [-0.2, -0.15) is 0 Å². The van der Waals surface area contributed by atoms with Gasteiger partial charge >= 0.3 is 0 Å². The van der Waals surface area contributed by atoms with Crippen molar-refractivity contribution in [2.24, 2.45) is 0 Å². The maximum absolute atomic E-state index is 9.00. The summed E-state index contributed by atoms with van der Waals surface area (Å²) in [7, 11) is 0. The Labute approximate surface area is 80.0 Å². The average Bonchev–Trinajstić information content (AvgIpc) is 2.03. The summed E-state index contributed by atoms with van der Waals surface area (Å²) in [5, 5.41) is 12.0. The fourth-order valence-corrected chi connectivity index (χ4v) is 1.16. The standard InChI is InChI=1S/C8H11BrN2O/c1-6(12)5-11-8-7(9)3-2-4-10-8/h2-4,6,12H,5H2,1H3,(H,10,11). The molecular weight excluding hydrogens is 220 g/mol. The van der Waals surface area contributed by atoms with Crippen LogP contribution in [0.1, 0.15) is 6.92 Å². The third-order valence-corrected chi connectivity index (χ3v) is 1.96. The molecule has 1 unspecified atom stereocenters. The van der Waals surface area contributed by atoms with Gasteiger partial charge in [0.05, 0.1) is 10.6 Å². The Kier molecular flexibility index (Phi) is 3.49. The van der Waals surface area contributed by atoms with Gasteiger partial charge in [-0.3, -0.25) is 0 Å². The molecule has 0 aromatic carbocycles. The number of aliphatic hydroxyl groups excluding tert-OH is 1. The maximum Gasteiger partial charge on any atom is 0.140 e. The summed E-state index contributed by atoms with van der Waals surface area (Å²) in [5.41, 5.74) is 0. The molecule has 1 aromatic rings. The molecule has 0 spiro atoms. The van der Waals surface area contributed by atoms with E-state index in [-0.39, 0.29) is 6.10 Å². The average molecular weight is 231 g/mol. The molecular formula is C8H11BrN2O. The highest BCUT2D eigenvalue weighted by Gasteiger charge is 2.00. The van der Waals surface area contributed by atoms with Gasteiger partial charge in [-0.25, -0.2) is 4.98 Å². The first-order valence-electron chi connectivity index (χ1n) is 3.72. The number of aromatic nitrogens is 1. The monoisotopic (exact) mass is 230 g/mol. The van der Waals surface area contributed by atoms with Gasteiger partial charge in [-0.1, -0.05) is 0 Å². The second-order valence-corrected chi connectivity index (χ2v) is 3.42. The molecule has 1 rings (SSSR count). The molecule has 1 aromatic heterocycles. The number of anilines is 1. The van der Waals surface area contributed by atoms with Gasteiger partial charge in [0.15, 0.2) is 0 Å². The summed E-state index contributed by atoms with van der Waals surface area (Å²) in [6.45, 7) is 2.24. The Balaban J connectivity index is 2.57. The quantitative estimate of drug-likeness (QED) is 0.831. The molecule has 3 nitrogen and oxygen atoms in total. The molecule has 4 heteroatoms. The number of pyridine rings is 1. The molecule has 0 aliphatic heterocycles. The fraction of sp³-hybridized carbons (Fsp3) is 0.375. The van der Waals surface area contributed by atoms with Crippen LogP contribution in [0.15, 0.2) is 22.8 Å². The third kappa shape index (κ3) is 2.79. The van der Waals surface area contributed by atoms with Crippen molar-refractivity contribution in [3.05, 3.63) is 22.8 Å². The molecule has 66 valence electrons. The molecule has 1 atom stereocenters. The molecule has 0 fully saturated rings. The van der Waals surface area contributed by atoms with Crippen molar-refractivity contribution in [3.63, 3.8) is 0 Å². The van der Waals surface area contributed by atoms with E-state index in [1.165, 1.54) is 0 Å². The van der Waals surface area contributed by atoms with Crippen LogP contribution < -0.4 is 5.32 Å². The van der Waals surface area contributed by atoms with Crippen LogP contribution in [-0.4, -0.2) is 22.7 Å². The van der Waals surface area contributed by atoms with E-state index in [0.717, 1.165) is 10.3 Å². The van der Waals surface area contributed by atoms with Crippen LogP contribution in [0.4, 0.5) is 5.82 Å². The third-order valence-electron chi connectivity index (χ3n) is 1.32. The number of halogens is 1. The molecule has 0 amide bonds. The van der Waals surface area contributed by atoms with Gasteiger partial charge in [0.1, 0.15) is 5.82 Å². The van der Waals surface area contributed by atoms with Crippen LogP contribution >= 0.6 is 15.9 Å². The van der Waals surface area contributed by atoms with Gasteiger partial charge < -0.3 is 10.4 Å². The lowest BCUT2D eigenvalue weighted by Gasteiger charge is -2.08. The van der Waals surface area contributed by atoms with E-state index in [2.05, 4.69) is 26.2 Å². The topological polar surface area (TPSA) is 45.1 Å². The SMILES string of the molecule is CC(O)CNc1ncccc1Br. The highest BCUT2D eigenvalue weighted by molar-refractivity contribution is 9.10. The second kappa shape index (κ2) is 4.42. The summed E-state index contributed by atoms with van der Waals surface area (Å²) in [6.07, 6.45) is 1.34. The minimum Gasteiger partial charge on any atom is -0.392 e. The summed E-state index contributed by atoms with van der Waals surface area (Å²) in [5.74, 6) is 0.762. The van der Waals surface area contributed by atoms with E-state index in [4.69, 9.17) is 5.11 Å². The van der Waals surface area contributed by atoms with E-state index in [1.54, 1.807) is 13.1 Å². The first-order valence-corrected chi connectivity index (χ1v) is 4.52. The Morgan fingerprint density at radius 1 is 1.75 bits per heavy atom. The van der Waals surface area contributed by atoms with Crippen LogP contribution in [0.5, 0.6) is 0 Å². The minimum atomic E-state index is -0.362. The minimum absolute atomic E-state index is 0.362. The molecule has 0 aliphatic rings. The van der Waals surface area contributed by atoms with E-state index in [1.807, 2.05) is 12.1 Å². The lowest BCUT2D eigenvalue weighted by atomic mass is 10.4. The predicted octanol–water partition coefficient (Wildman–Crippen LogP) is 1.64. The number of hydrogen-bond donors (Lipinski definition) is 2. The van der Waals surface area contributed by atoms with E-state index in [0.29, 0.717) is 6.54 Å².